The number of benzene rings is 1. The van der Waals surface area contributed by atoms with Gasteiger partial charge in [-0.1, -0.05) is 35.5 Å². The number of carbonyl (C=O) groups excluding carboxylic acids is 1. The first kappa shape index (κ1) is 13.6. The first-order valence-electron chi connectivity index (χ1n) is 5.78. The molecular formula is C13H12N2O5. The molecule has 0 aliphatic rings. The molecule has 0 fully saturated rings. The highest BCUT2D eigenvalue weighted by Crippen LogP contribution is 2.06. The zero-order chi connectivity index (χ0) is 14.4. The van der Waals surface area contributed by atoms with Crippen molar-refractivity contribution in [2.75, 3.05) is 0 Å². The van der Waals surface area contributed by atoms with E-state index >= 15 is 0 Å². The minimum absolute atomic E-state index is 0.0776. The summed E-state index contributed by atoms with van der Waals surface area (Å²) in [4.78, 5) is 22.2. The molecule has 1 amide bonds. The number of nitrogens with zero attached hydrogens (tertiary/aromatic N) is 1. The van der Waals surface area contributed by atoms with E-state index in [2.05, 4.69) is 15.0 Å². The second-order valence-corrected chi connectivity index (χ2v) is 3.90. The lowest BCUT2D eigenvalue weighted by molar-refractivity contribution is 0.0694. The summed E-state index contributed by atoms with van der Waals surface area (Å²) in [5.41, 5.74) is 0.901. The van der Waals surface area contributed by atoms with Gasteiger partial charge >= 0.3 is 12.1 Å². The van der Waals surface area contributed by atoms with Crippen LogP contribution in [0.4, 0.5) is 4.79 Å². The average Bonchev–Trinajstić information content (AvgIpc) is 2.92. The Morgan fingerprint density at radius 1 is 1.30 bits per heavy atom. The molecule has 7 heteroatoms. The minimum atomic E-state index is -1.17. The van der Waals surface area contributed by atoms with Gasteiger partial charge in [-0.3, -0.25) is 0 Å². The molecule has 0 saturated heterocycles. The highest BCUT2D eigenvalue weighted by molar-refractivity contribution is 5.88. The SMILES string of the molecule is O=C(NCc1nocc1C(=O)O)OCc1ccccc1. The Morgan fingerprint density at radius 2 is 2.05 bits per heavy atom. The van der Waals surface area contributed by atoms with Gasteiger partial charge in [-0.15, -0.1) is 0 Å². The fraction of sp³-hybridized carbons (Fsp3) is 0.154. The molecule has 0 saturated carbocycles. The highest BCUT2D eigenvalue weighted by atomic mass is 16.5. The molecule has 104 valence electrons. The standard InChI is InChI=1S/C13H12N2O5/c16-12(17)10-8-20-15-11(10)6-14-13(18)19-7-9-4-2-1-3-5-9/h1-5,8H,6-7H2,(H,14,18)(H,16,17). The van der Waals surface area contributed by atoms with Crippen molar-refractivity contribution in [2.45, 2.75) is 13.2 Å². The normalized spacial score (nSPS) is 10.0. The van der Waals surface area contributed by atoms with Gasteiger partial charge in [0.15, 0.2) is 0 Å². The number of carboxylic acids is 1. The maximum atomic E-state index is 11.5. The van der Waals surface area contributed by atoms with E-state index in [9.17, 15) is 9.59 Å². The lowest BCUT2D eigenvalue weighted by atomic mass is 10.2. The number of hydrogen-bond acceptors (Lipinski definition) is 5. The van der Waals surface area contributed by atoms with E-state index in [-0.39, 0.29) is 24.4 Å². The largest absolute Gasteiger partial charge is 0.478 e. The number of amides is 1. The number of carbonyl (C=O) groups is 2. The van der Waals surface area contributed by atoms with E-state index in [0.29, 0.717) is 0 Å². The third kappa shape index (κ3) is 3.58. The van der Waals surface area contributed by atoms with Crippen LogP contribution < -0.4 is 5.32 Å². The van der Waals surface area contributed by atoms with E-state index in [0.717, 1.165) is 11.8 Å². The van der Waals surface area contributed by atoms with Crippen LogP contribution in [0.25, 0.3) is 0 Å². The molecule has 2 N–H and O–H groups in total. The topological polar surface area (TPSA) is 102 Å². The number of aromatic nitrogens is 1. The van der Waals surface area contributed by atoms with Crippen molar-refractivity contribution in [3.8, 4) is 0 Å². The van der Waals surface area contributed by atoms with Crippen LogP contribution in [0.2, 0.25) is 0 Å². The molecule has 1 heterocycles. The maximum Gasteiger partial charge on any atom is 0.407 e. The number of hydrogen-bond donors (Lipinski definition) is 2. The summed E-state index contributed by atoms with van der Waals surface area (Å²) >= 11 is 0. The monoisotopic (exact) mass is 276 g/mol. The summed E-state index contributed by atoms with van der Waals surface area (Å²) in [7, 11) is 0. The molecule has 0 unspecified atom stereocenters. The first-order valence-corrected chi connectivity index (χ1v) is 5.78. The molecule has 2 aromatic rings. The lowest BCUT2D eigenvalue weighted by Gasteiger charge is -2.05. The van der Waals surface area contributed by atoms with E-state index in [1.165, 1.54) is 0 Å². The van der Waals surface area contributed by atoms with Crippen molar-refractivity contribution in [1.29, 1.82) is 0 Å². The Kier molecular flexibility index (Phi) is 4.33. The Bertz CT molecular complexity index is 594. The maximum absolute atomic E-state index is 11.5. The Labute approximate surface area is 114 Å². The van der Waals surface area contributed by atoms with E-state index in [4.69, 9.17) is 9.84 Å². The number of alkyl carbamates (subject to hydrolysis) is 1. The number of nitrogens with one attached hydrogen (secondary N) is 1. The van der Waals surface area contributed by atoms with E-state index in [1.807, 2.05) is 30.3 Å². The van der Waals surface area contributed by atoms with Gasteiger partial charge in [0, 0.05) is 0 Å². The van der Waals surface area contributed by atoms with Crippen LogP contribution in [0.3, 0.4) is 0 Å². The molecule has 0 radical (unpaired) electrons. The number of carboxylic acid groups (broad SMARTS) is 1. The predicted octanol–water partition coefficient (Wildman–Crippen LogP) is 1.80. The first-order chi connectivity index (χ1) is 9.66. The second-order valence-electron chi connectivity index (χ2n) is 3.90. The molecule has 7 nitrogen and oxygen atoms in total. The Balaban J connectivity index is 1.80. The van der Waals surface area contributed by atoms with Crippen LogP contribution in [0.1, 0.15) is 21.6 Å². The Hall–Kier alpha value is -2.83. The van der Waals surface area contributed by atoms with Crippen molar-refractivity contribution in [1.82, 2.24) is 10.5 Å². The van der Waals surface area contributed by atoms with Gasteiger partial charge in [0.1, 0.15) is 24.1 Å². The average molecular weight is 276 g/mol. The molecular weight excluding hydrogens is 264 g/mol. The van der Waals surface area contributed by atoms with Gasteiger partial charge < -0.3 is 19.7 Å². The van der Waals surface area contributed by atoms with Crippen LogP contribution >= 0.6 is 0 Å². The molecule has 1 aromatic carbocycles. The second kappa shape index (κ2) is 6.37. The van der Waals surface area contributed by atoms with Gasteiger partial charge in [-0.2, -0.15) is 0 Å². The third-order valence-corrected chi connectivity index (χ3v) is 2.49. The fourth-order valence-electron chi connectivity index (χ4n) is 1.49. The van der Waals surface area contributed by atoms with Gasteiger partial charge in [-0.25, -0.2) is 9.59 Å². The number of rotatable bonds is 5. The molecule has 2 rings (SSSR count). The van der Waals surface area contributed by atoms with Crippen molar-refractivity contribution in [3.05, 3.63) is 53.4 Å². The summed E-state index contributed by atoms with van der Waals surface area (Å²) in [6, 6.07) is 9.19. The summed E-state index contributed by atoms with van der Waals surface area (Å²) < 4.78 is 9.52. The molecule has 0 atom stereocenters. The van der Waals surface area contributed by atoms with Crippen LogP contribution in [0.15, 0.2) is 41.1 Å². The molecule has 1 aromatic heterocycles. The van der Waals surface area contributed by atoms with E-state index in [1.54, 1.807) is 0 Å². The predicted molar refractivity (Wildman–Crippen MR) is 66.9 cm³/mol. The molecule has 0 spiro atoms. The van der Waals surface area contributed by atoms with Crippen molar-refractivity contribution in [2.24, 2.45) is 0 Å². The van der Waals surface area contributed by atoms with Crippen molar-refractivity contribution >= 4 is 12.1 Å². The third-order valence-electron chi connectivity index (χ3n) is 2.49. The molecule has 0 aliphatic heterocycles. The van der Waals surface area contributed by atoms with Gasteiger partial charge in [0.05, 0.1) is 6.54 Å². The minimum Gasteiger partial charge on any atom is -0.478 e. The molecule has 0 bridgehead atoms. The summed E-state index contributed by atoms with van der Waals surface area (Å²) in [5, 5.41) is 14.7. The van der Waals surface area contributed by atoms with Crippen molar-refractivity contribution in [3.63, 3.8) is 0 Å². The highest BCUT2D eigenvalue weighted by Gasteiger charge is 2.15. The number of aromatic carboxylic acids is 1. The van der Waals surface area contributed by atoms with Crippen LogP contribution in [-0.2, 0) is 17.9 Å². The fourth-order valence-corrected chi connectivity index (χ4v) is 1.49. The van der Waals surface area contributed by atoms with Crippen LogP contribution in [0.5, 0.6) is 0 Å². The zero-order valence-corrected chi connectivity index (χ0v) is 10.4. The van der Waals surface area contributed by atoms with Gasteiger partial charge in [0.2, 0.25) is 0 Å². The summed E-state index contributed by atoms with van der Waals surface area (Å²) in [6.45, 7) is 0.0586. The zero-order valence-electron chi connectivity index (χ0n) is 10.4. The van der Waals surface area contributed by atoms with Crippen molar-refractivity contribution < 1.29 is 24.0 Å². The molecule has 0 aliphatic carbocycles. The summed E-state index contributed by atoms with van der Waals surface area (Å²) in [6.07, 6.45) is 0.349. The van der Waals surface area contributed by atoms with Gasteiger partial charge in [-0.05, 0) is 5.56 Å². The Morgan fingerprint density at radius 3 is 2.75 bits per heavy atom. The van der Waals surface area contributed by atoms with Crippen LogP contribution in [0, 0.1) is 0 Å². The lowest BCUT2D eigenvalue weighted by Crippen LogP contribution is -2.24. The van der Waals surface area contributed by atoms with Gasteiger partial charge in [0.25, 0.3) is 0 Å². The van der Waals surface area contributed by atoms with Crippen LogP contribution in [-0.4, -0.2) is 22.3 Å². The smallest absolute Gasteiger partial charge is 0.407 e. The molecule has 20 heavy (non-hydrogen) atoms. The van der Waals surface area contributed by atoms with E-state index < -0.39 is 12.1 Å². The number of ether oxygens (including phenoxy) is 1. The summed E-state index contributed by atoms with van der Waals surface area (Å²) in [5.74, 6) is -1.17. The quantitative estimate of drug-likeness (QED) is 0.863.